The average Bonchev–Trinajstić information content (AvgIpc) is 2.96. The smallest absolute Gasteiger partial charge is 0.335 e. The number of carboxylic acid groups (broad SMARTS) is 1. The number of azo groups is 1. The zero-order chi connectivity index (χ0) is 30.3. The van der Waals surface area contributed by atoms with E-state index in [1.54, 1.807) is 32.9 Å². The number of carbonyl (C=O) groups is 1. The first-order chi connectivity index (χ1) is 19.5. The van der Waals surface area contributed by atoms with Crippen molar-refractivity contribution in [2.45, 2.75) is 71.7 Å². The van der Waals surface area contributed by atoms with E-state index in [-0.39, 0.29) is 45.7 Å². The summed E-state index contributed by atoms with van der Waals surface area (Å²) in [5.74, 6) is -1.20. The molecule has 220 valence electrons. The van der Waals surface area contributed by atoms with Crippen molar-refractivity contribution in [1.29, 1.82) is 0 Å². The number of nitrogens with zero attached hydrogens (tertiary/aromatic N) is 4. The van der Waals surface area contributed by atoms with Gasteiger partial charge in [0.05, 0.1) is 11.3 Å². The number of aromatic nitrogens is 1. The summed E-state index contributed by atoms with van der Waals surface area (Å²) in [5, 5.41) is 28.8. The molecule has 0 fully saturated rings. The minimum absolute atomic E-state index is 0.0406. The third kappa shape index (κ3) is 6.84. The molecule has 0 saturated heterocycles. The van der Waals surface area contributed by atoms with Gasteiger partial charge in [-0.05, 0) is 75.1 Å². The highest BCUT2D eigenvalue weighted by molar-refractivity contribution is 7.93. The van der Waals surface area contributed by atoms with E-state index in [0.717, 1.165) is 30.0 Å². The molecular formula is C30H38N4O6S. The second-order valence-electron chi connectivity index (χ2n) is 9.94. The molecule has 1 heterocycles. The van der Waals surface area contributed by atoms with Crippen molar-refractivity contribution in [2.24, 2.45) is 16.1 Å². The van der Waals surface area contributed by atoms with Crippen molar-refractivity contribution in [1.82, 2.24) is 4.57 Å². The van der Waals surface area contributed by atoms with Gasteiger partial charge in [0.2, 0.25) is 5.88 Å². The fourth-order valence-corrected chi connectivity index (χ4v) is 6.24. The van der Waals surface area contributed by atoms with Gasteiger partial charge in [0.25, 0.3) is 15.6 Å². The van der Waals surface area contributed by atoms with Crippen molar-refractivity contribution >= 4 is 33.1 Å². The number of anilines is 1. The van der Waals surface area contributed by atoms with Gasteiger partial charge in [-0.1, -0.05) is 45.2 Å². The van der Waals surface area contributed by atoms with Crippen LogP contribution >= 0.6 is 0 Å². The second kappa shape index (κ2) is 13.6. The topological polar surface area (TPSA) is 142 Å². The number of pyridine rings is 1. The molecule has 10 nitrogen and oxygen atoms in total. The monoisotopic (exact) mass is 582 g/mol. The number of rotatable bonds is 13. The Hall–Kier alpha value is -3.99. The van der Waals surface area contributed by atoms with Crippen LogP contribution < -0.4 is 9.86 Å². The lowest BCUT2D eigenvalue weighted by molar-refractivity contribution is 0.0697. The molecule has 3 aromatic rings. The molecule has 11 heteroatoms. The van der Waals surface area contributed by atoms with Crippen molar-refractivity contribution in [3.05, 3.63) is 75.6 Å². The van der Waals surface area contributed by atoms with Gasteiger partial charge in [-0.25, -0.2) is 13.2 Å². The van der Waals surface area contributed by atoms with Crippen molar-refractivity contribution in [2.75, 3.05) is 10.8 Å². The van der Waals surface area contributed by atoms with E-state index in [9.17, 15) is 28.2 Å². The molecule has 0 aliphatic rings. The lowest BCUT2D eigenvalue weighted by Crippen LogP contribution is -2.30. The Labute approximate surface area is 241 Å². The molecule has 0 bridgehead atoms. The van der Waals surface area contributed by atoms with E-state index in [4.69, 9.17) is 0 Å². The molecule has 1 unspecified atom stereocenters. The van der Waals surface area contributed by atoms with Gasteiger partial charge in [-0.15, -0.1) is 10.2 Å². The molecule has 0 saturated carbocycles. The van der Waals surface area contributed by atoms with Crippen molar-refractivity contribution in [3.8, 4) is 5.88 Å². The van der Waals surface area contributed by atoms with Gasteiger partial charge in [0.1, 0.15) is 16.3 Å². The Bertz CT molecular complexity index is 1580. The maximum absolute atomic E-state index is 13.8. The molecule has 1 atom stereocenters. The van der Waals surface area contributed by atoms with E-state index in [0.29, 0.717) is 23.4 Å². The van der Waals surface area contributed by atoms with Crippen LogP contribution in [0.15, 0.2) is 68.4 Å². The third-order valence-electron chi connectivity index (χ3n) is 7.32. The summed E-state index contributed by atoms with van der Waals surface area (Å²) in [5.41, 5.74) is 1.11. The number of hydrogen-bond donors (Lipinski definition) is 2. The Morgan fingerprint density at radius 1 is 1.00 bits per heavy atom. The second-order valence-corrected chi connectivity index (χ2v) is 11.8. The first kappa shape index (κ1) is 31.5. The van der Waals surface area contributed by atoms with E-state index in [2.05, 4.69) is 24.1 Å². The standard InChI is InChI=1S/C30H38N4O6S/c1-6-9-12-22(7-2)19-33-28(35)21(5)20(4)27(29(33)36)32-31-25-13-10-11-14-26(25)41(39,40)34(8-3)24-17-15-23(16-18-24)30(37)38/h10-11,13-18,22,36H,6-9,12,19H2,1-5H3,(H,37,38)/b32-31+. The molecule has 0 aliphatic carbocycles. The number of carboxylic acids is 1. The number of sulfonamides is 1. The molecule has 2 N–H and O–H groups in total. The number of hydrogen-bond acceptors (Lipinski definition) is 7. The number of aromatic carboxylic acids is 1. The van der Waals surface area contributed by atoms with Crippen LogP contribution in [-0.2, 0) is 16.6 Å². The quantitative estimate of drug-likeness (QED) is 0.214. The van der Waals surface area contributed by atoms with Crippen LogP contribution in [0, 0.1) is 19.8 Å². The fraction of sp³-hybridized carbons (Fsp3) is 0.400. The number of benzene rings is 2. The van der Waals surface area contributed by atoms with Crippen LogP contribution in [0.5, 0.6) is 5.88 Å². The lowest BCUT2D eigenvalue weighted by Gasteiger charge is -2.23. The summed E-state index contributed by atoms with van der Waals surface area (Å²) < 4.78 is 30.0. The first-order valence-corrected chi connectivity index (χ1v) is 15.2. The highest BCUT2D eigenvalue weighted by Crippen LogP contribution is 2.35. The number of unbranched alkanes of at least 4 members (excludes halogenated alkanes) is 1. The van der Waals surface area contributed by atoms with E-state index in [1.807, 2.05) is 0 Å². The van der Waals surface area contributed by atoms with E-state index < -0.39 is 16.0 Å². The Morgan fingerprint density at radius 3 is 2.24 bits per heavy atom. The highest BCUT2D eigenvalue weighted by Gasteiger charge is 2.27. The van der Waals surface area contributed by atoms with Crippen LogP contribution in [-0.4, -0.2) is 35.7 Å². The van der Waals surface area contributed by atoms with Gasteiger partial charge in [-0.2, -0.15) is 0 Å². The molecule has 2 aromatic carbocycles. The molecule has 0 spiro atoms. The third-order valence-corrected chi connectivity index (χ3v) is 9.27. The maximum atomic E-state index is 13.8. The summed E-state index contributed by atoms with van der Waals surface area (Å²) in [4.78, 5) is 24.2. The molecule has 0 radical (unpaired) electrons. The minimum atomic E-state index is -4.13. The Balaban J connectivity index is 2.05. The number of aromatic hydroxyl groups is 1. The summed E-state index contributed by atoms with van der Waals surface area (Å²) in [6, 6.07) is 11.7. The van der Waals surface area contributed by atoms with Crippen LogP contribution in [0.25, 0.3) is 0 Å². The SMILES string of the molecule is CCCCC(CC)Cn1c(O)c(/N=N/c2ccccc2S(=O)(=O)N(CC)c2ccc(C(=O)O)cc2)c(C)c(C)c1=O. The molecular weight excluding hydrogens is 544 g/mol. The van der Waals surface area contributed by atoms with Crippen LogP contribution in [0.1, 0.15) is 67.9 Å². The summed E-state index contributed by atoms with van der Waals surface area (Å²) in [7, 11) is -4.13. The van der Waals surface area contributed by atoms with Crippen LogP contribution in [0.4, 0.5) is 17.1 Å². The maximum Gasteiger partial charge on any atom is 0.335 e. The van der Waals surface area contributed by atoms with E-state index in [1.165, 1.54) is 41.0 Å². The van der Waals surface area contributed by atoms with Gasteiger partial charge >= 0.3 is 5.97 Å². The van der Waals surface area contributed by atoms with Crippen molar-refractivity contribution in [3.63, 3.8) is 0 Å². The Morgan fingerprint density at radius 2 is 1.66 bits per heavy atom. The molecule has 0 amide bonds. The van der Waals surface area contributed by atoms with Gasteiger partial charge in [-0.3, -0.25) is 13.7 Å². The summed E-state index contributed by atoms with van der Waals surface area (Å²) in [6.45, 7) is 9.62. The largest absolute Gasteiger partial charge is 0.493 e. The van der Waals surface area contributed by atoms with Gasteiger partial charge in [0, 0.05) is 18.7 Å². The lowest BCUT2D eigenvalue weighted by atomic mass is 9.99. The van der Waals surface area contributed by atoms with E-state index >= 15 is 0 Å². The molecule has 1 aromatic heterocycles. The zero-order valence-electron chi connectivity index (χ0n) is 24.2. The molecule has 3 rings (SSSR count). The van der Waals surface area contributed by atoms with Crippen LogP contribution in [0.3, 0.4) is 0 Å². The highest BCUT2D eigenvalue weighted by atomic mass is 32.2. The predicted octanol–water partition coefficient (Wildman–Crippen LogP) is 6.72. The molecule has 41 heavy (non-hydrogen) atoms. The predicted molar refractivity (Wildman–Crippen MR) is 159 cm³/mol. The average molecular weight is 583 g/mol. The minimum Gasteiger partial charge on any atom is -0.493 e. The molecule has 0 aliphatic heterocycles. The normalized spacial score (nSPS) is 12.5. The van der Waals surface area contributed by atoms with Gasteiger partial charge in [0.15, 0.2) is 0 Å². The van der Waals surface area contributed by atoms with Crippen LogP contribution in [0.2, 0.25) is 0 Å². The van der Waals surface area contributed by atoms with Gasteiger partial charge < -0.3 is 10.2 Å². The van der Waals surface area contributed by atoms with Crippen molar-refractivity contribution < 1.29 is 23.4 Å². The Kier molecular flexibility index (Phi) is 10.4. The summed E-state index contributed by atoms with van der Waals surface area (Å²) in [6.07, 6.45) is 3.85. The summed E-state index contributed by atoms with van der Waals surface area (Å²) >= 11 is 0. The first-order valence-electron chi connectivity index (χ1n) is 13.8. The fourth-order valence-electron chi connectivity index (χ4n) is 4.64. The zero-order valence-corrected chi connectivity index (χ0v) is 25.0.